The van der Waals surface area contributed by atoms with Crippen molar-refractivity contribution in [2.45, 2.75) is 53.1 Å². The first-order chi connectivity index (χ1) is 15.7. The predicted molar refractivity (Wildman–Crippen MR) is 134 cm³/mol. The molecule has 1 aromatic heterocycles. The number of nitrogens with one attached hydrogen (secondary N) is 1. The summed E-state index contributed by atoms with van der Waals surface area (Å²) < 4.78 is 6.12. The van der Waals surface area contributed by atoms with Gasteiger partial charge in [-0.1, -0.05) is 25.4 Å². The van der Waals surface area contributed by atoms with Crippen LogP contribution in [-0.4, -0.2) is 54.0 Å². The zero-order valence-corrected chi connectivity index (χ0v) is 21.6. The number of carbonyl (C=O) groups excluding carboxylic acids is 2. The number of nitrogens with zero attached hydrogens (tertiary/aromatic N) is 2. The highest BCUT2D eigenvalue weighted by molar-refractivity contribution is 7.10. The van der Waals surface area contributed by atoms with Gasteiger partial charge in [0.1, 0.15) is 18.9 Å². The molecule has 1 aromatic carbocycles. The zero-order valence-electron chi connectivity index (χ0n) is 20.1. The van der Waals surface area contributed by atoms with Gasteiger partial charge in [0, 0.05) is 29.0 Å². The molecule has 0 fully saturated rings. The molecule has 0 spiro atoms. The van der Waals surface area contributed by atoms with Crippen molar-refractivity contribution in [3.8, 4) is 5.75 Å². The average molecular weight is 492 g/mol. The third-order valence-corrected chi connectivity index (χ3v) is 6.98. The SMILES string of the molecule is Cc1cc(OCC2c3ccsc3CCN2C(=O)CN(CC(C)C)C(=O)NC(C)C)ccc1Cl. The van der Waals surface area contributed by atoms with Gasteiger partial charge in [-0.05, 0) is 73.9 Å². The van der Waals surface area contributed by atoms with Crippen molar-refractivity contribution < 1.29 is 14.3 Å². The molecule has 2 aromatic rings. The molecule has 1 aliphatic rings. The molecule has 180 valence electrons. The standard InChI is InChI=1S/C25H34ClN3O3S/c1-16(2)13-28(25(31)27-17(3)4)14-24(30)29-10-8-23-20(9-11-33-23)22(29)15-32-19-6-7-21(26)18(5)12-19/h6-7,9,11-12,16-17,22H,8,10,13-15H2,1-5H3,(H,27,31). The van der Waals surface area contributed by atoms with Gasteiger partial charge in [0.15, 0.2) is 0 Å². The molecule has 8 heteroatoms. The molecular formula is C25H34ClN3O3S. The highest BCUT2D eigenvalue weighted by Crippen LogP contribution is 2.34. The number of urea groups is 1. The minimum absolute atomic E-state index is 0.00889. The van der Waals surface area contributed by atoms with Crippen molar-refractivity contribution in [1.29, 1.82) is 0 Å². The van der Waals surface area contributed by atoms with Crippen molar-refractivity contribution in [3.63, 3.8) is 0 Å². The lowest BCUT2D eigenvalue weighted by Crippen LogP contribution is -2.51. The van der Waals surface area contributed by atoms with Crippen LogP contribution in [0.5, 0.6) is 5.75 Å². The summed E-state index contributed by atoms with van der Waals surface area (Å²) in [6.07, 6.45) is 0.817. The van der Waals surface area contributed by atoms with Gasteiger partial charge in [0.2, 0.25) is 5.91 Å². The van der Waals surface area contributed by atoms with Gasteiger partial charge in [0.25, 0.3) is 0 Å². The first-order valence-corrected chi connectivity index (χ1v) is 12.7. The van der Waals surface area contributed by atoms with Gasteiger partial charge >= 0.3 is 6.03 Å². The van der Waals surface area contributed by atoms with Gasteiger partial charge in [-0.25, -0.2) is 4.79 Å². The summed E-state index contributed by atoms with van der Waals surface area (Å²) in [5.41, 5.74) is 2.08. The van der Waals surface area contributed by atoms with Crippen LogP contribution < -0.4 is 10.1 Å². The van der Waals surface area contributed by atoms with E-state index in [1.807, 2.05) is 57.7 Å². The number of benzene rings is 1. The molecule has 3 rings (SSSR count). The molecular weight excluding hydrogens is 458 g/mol. The smallest absolute Gasteiger partial charge is 0.318 e. The van der Waals surface area contributed by atoms with Gasteiger partial charge in [-0.2, -0.15) is 0 Å². The van der Waals surface area contributed by atoms with Gasteiger partial charge < -0.3 is 19.9 Å². The summed E-state index contributed by atoms with van der Waals surface area (Å²) in [6, 6.07) is 7.27. The maximum Gasteiger partial charge on any atom is 0.318 e. The van der Waals surface area contributed by atoms with Crippen molar-refractivity contribution in [2.75, 3.05) is 26.2 Å². The fourth-order valence-corrected chi connectivity index (χ4v) is 5.05. The van der Waals surface area contributed by atoms with Crippen LogP contribution in [0.4, 0.5) is 4.79 Å². The Bertz CT molecular complexity index is 976. The predicted octanol–water partition coefficient (Wildman–Crippen LogP) is 5.29. The Kier molecular flexibility index (Phi) is 8.65. The molecule has 0 aliphatic carbocycles. The summed E-state index contributed by atoms with van der Waals surface area (Å²) in [4.78, 5) is 31.0. The van der Waals surface area contributed by atoms with Crippen LogP contribution in [0, 0.1) is 12.8 Å². The first kappa shape index (κ1) is 25.4. The van der Waals surface area contributed by atoms with E-state index in [1.165, 1.54) is 4.88 Å². The Hall–Kier alpha value is -2.25. The Balaban J connectivity index is 1.77. The number of amides is 3. The van der Waals surface area contributed by atoms with Gasteiger partial charge in [0.05, 0.1) is 6.04 Å². The number of hydrogen-bond donors (Lipinski definition) is 1. The van der Waals surface area contributed by atoms with E-state index in [0.29, 0.717) is 24.7 Å². The second-order valence-corrected chi connectivity index (χ2v) is 10.7. The van der Waals surface area contributed by atoms with Crippen LogP contribution in [-0.2, 0) is 11.2 Å². The lowest BCUT2D eigenvalue weighted by Gasteiger charge is -2.37. The number of hydrogen-bond acceptors (Lipinski definition) is 4. The number of thiophene rings is 1. The van der Waals surface area contributed by atoms with E-state index in [-0.39, 0.29) is 36.5 Å². The summed E-state index contributed by atoms with van der Waals surface area (Å²) in [5.74, 6) is 0.921. The quantitative estimate of drug-likeness (QED) is 0.545. The molecule has 1 aliphatic heterocycles. The number of rotatable bonds is 8. The second-order valence-electron chi connectivity index (χ2n) is 9.25. The Labute approximate surface area is 205 Å². The van der Waals surface area contributed by atoms with Crippen LogP contribution >= 0.6 is 22.9 Å². The number of aryl methyl sites for hydroxylation is 1. The molecule has 1 unspecified atom stereocenters. The second kappa shape index (κ2) is 11.3. The van der Waals surface area contributed by atoms with Crippen LogP contribution in [0.2, 0.25) is 5.02 Å². The number of carbonyl (C=O) groups is 2. The van der Waals surface area contributed by atoms with E-state index in [1.54, 1.807) is 16.2 Å². The van der Waals surface area contributed by atoms with Crippen molar-refractivity contribution in [2.24, 2.45) is 5.92 Å². The summed E-state index contributed by atoms with van der Waals surface area (Å²) in [5, 5.41) is 5.68. The van der Waals surface area contributed by atoms with Crippen molar-refractivity contribution >= 4 is 34.9 Å². The molecule has 6 nitrogen and oxygen atoms in total. The van der Waals surface area contributed by atoms with E-state index in [2.05, 4.69) is 16.8 Å². The fourth-order valence-electron chi connectivity index (χ4n) is 4.01. The molecule has 1 N–H and O–H groups in total. The van der Waals surface area contributed by atoms with E-state index in [4.69, 9.17) is 16.3 Å². The summed E-state index contributed by atoms with van der Waals surface area (Å²) in [7, 11) is 0. The molecule has 0 saturated heterocycles. The topological polar surface area (TPSA) is 61.9 Å². The Morgan fingerprint density at radius 3 is 2.70 bits per heavy atom. The monoisotopic (exact) mass is 491 g/mol. The maximum absolute atomic E-state index is 13.5. The van der Waals surface area contributed by atoms with Crippen molar-refractivity contribution in [3.05, 3.63) is 50.7 Å². The molecule has 3 amide bonds. The van der Waals surface area contributed by atoms with Crippen LogP contribution in [0.15, 0.2) is 29.6 Å². The lowest BCUT2D eigenvalue weighted by molar-refractivity contribution is -0.135. The Morgan fingerprint density at radius 1 is 1.27 bits per heavy atom. The molecule has 1 atom stereocenters. The van der Waals surface area contributed by atoms with Crippen LogP contribution in [0.3, 0.4) is 0 Å². The maximum atomic E-state index is 13.5. The molecule has 33 heavy (non-hydrogen) atoms. The van der Waals surface area contributed by atoms with E-state index >= 15 is 0 Å². The third-order valence-electron chi connectivity index (χ3n) is 5.56. The molecule has 0 saturated carbocycles. The van der Waals surface area contributed by atoms with Crippen LogP contribution in [0.1, 0.15) is 49.7 Å². The normalized spacial score (nSPS) is 15.5. The number of halogens is 1. The molecule has 0 bridgehead atoms. The largest absolute Gasteiger partial charge is 0.491 e. The van der Waals surface area contributed by atoms with E-state index in [0.717, 1.165) is 23.3 Å². The van der Waals surface area contributed by atoms with Gasteiger partial charge in [-0.15, -0.1) is 11.3 Å². The van der Waals surface area contributed by atoms with Gasteiger partial charge in [-0.3, -0.25) is 4.79 Å². The highest BCUT2D eigenvalue weighted by Gasteiger charge is 2.33. The minimum atomic E-state index is -0.204. The lowest BCUT2D eigenvalue weighted by atomic mass is 10.0. The zero-order chi connectivity index (χ0) is 24.1. The minimum Gasteiger partial charge on any atom is -0.491 e. The van der Waals surface area contributed by atoms with Crippen LogP contribution in [0.25, 0.3) is 0 Å². The van der Waals surface area contributed by atoms with E-state index in [9.17, 15) is 9.59 Å². The molecule has 2 heterocycles. The number of fused-ring (bicyclic) bond motifs is 1. The highest BCUT2D eigenvalue weighted by atomic mass is 35.5. The average Bonchev–Trinajstić information content (AvgIpc) is 3.22. The Morgan fingerprint density at radius 2 is 2.03 bits per heavy atom. The van der Waals surface area contributed by atoms with E-state index < -0.39 is 0 Å². The summed E-state index contributed by atoms with van der Waals surface area (Å²) >= 11 is 7.86. The first-order valence-electron chi connectivity index (χ1n) is 11.5. The molecule has 0 radical (unpaired) electrons. The third kappa shape index (κ3) is 6.64. The van der Waals surface area contributed by atoms with Crippen molar-refractivity contribution in [1.82, 2.24) is 15.1 Å². The summed E-state index contributed by atoms with van der Waals surface area (Å²) in [6.45, 7) is 11.4. The number of ether oxygens (including phenoxy) is 1. The fraction of sp³-hybridized carbons (Fsp3) is 0.520.